The molecule has 1 aliphatic heterocycles. The summed E-state index contributed by atoms with van der Waals surface area (Å²) in [7, 11) is -3.83. The van der Waals surface area contributed by atoms with Gasteiger partial charge >= 0.3 is 0 Å². The highest BCUT2D eigenvalue weighted by Crippen LogP contribution is 2.18. The number of aromatic nitrogens is 2. The first-order valence-electron chi connectivity index (χ1n) is 6.80. The third kappa shape index (κ3) is 2.88. The second kappa shape index (κ2) is 5.90. The Morgan fingerprint density at radius 3 is 2.86 bits per heavy atom. The van der Waals surface area contributed by atoms with Gasteiger partial charge in [-0.25, -0.2) is 8.42 Å². The number of anilines is 1. The van der Waals surface area contributed by atoms with E-state index in [4.69, 9.17) is 4.74 Å². The quantitative estimate of drug-likeness (QED) is 0.907. The molecule has 0 amide bonds. The lowest BCUT2D eigenvalue weighted by molar-refractivity contribution is 0.186. The molecule has 2 aromatic rings. The molecule has 3 rings (SSSR count). The molecular formula is C14H15N3O4S. The van der Waals surface area contributed by atoms with Gasteiger partial charge in [0.2, 0.25) is 0 Å². The van der Waals surface area contributed by atoms with E-state index in [1.807, 2.05) is 0 Å². The molecule has 1 fully saturated rings. The molecule has 1 unspecified atom stereocenters. The van der Waals surface area contributed by atoms with Crippen LogP contribution in [0.15, 0.2) is 52.5 Å². The Bertz CT molecular complexity index is 811. The van der Waals surface area contributed by atoms with Gasteiger partial charge in [0, 0.05) is 25.2 Å². The minimum absolute atomic E-state index is 0.00834. The standard InChI is InChI=1S/C14H15N3O4S/c18-14-13(4-2-7-17(14)11-5-8-21-10-11)16-22(19,20)12-3-1-6-15-9-12/h1-4,6-7,9,11,16H,5,8,10H2. The maximum absolute atomic E-state index is 12.4. The summed E-state index contributed by atoms with van der Waals surface area (Å²) < 4.78 is 33.6. The van der Waals surface area contributed by atoms with Gasteiger partial charge in [-0.15, -0.1) is 0 Å². The average molecular weight is 321 g/mol. The minimum Gasteiger partial charge on any atom is -0.379 e. The Balaban J connectivity index is 1.93. The normalized spacial score (nSPS) is 18.3. The van der Waals surface area contributed by atoms with E-state index in [1.54, 1.807) is 12.3 Å². The Morgan fingerprint density at radius 2 is 2.18 bits per heavy atom. The zero-order chi connectivity index (χ0) is 15.6. The lowest BCUT2D eigenvalue weighted by Gasteiger charge is -2.14. The number of sulfonamides is 1. The van der Waals surface area contributed by atoms with E-state index in [0.29, 0.717) is 13.2 Å². The molecule has 1 saturated heterocycles. The number of hydrogen-bond acceptors (Lipinski definition) is 5. The van der Waals surface area contributed by atoms with Crippen molar-refractivity contribution in [3.8, 4) is 0 Å². The van der Waals surface area contributed by atoms with E-state index < -0.39 is 10.0 Å². The van der Waals surface area contributed by atoms with Crippen LogP contribution in [0, 0.1) is 0 Å². The minimum atomic E-state index is -3.83. The summed E-state index contributed by atoms with van der Waals surface area (Å²) in [4.78, 5) is 16.2. The van der Waals surface area contributed by atoms with Gasteiger partial charge in [0.25, 0.3) is 15.6 Å². The number of ether oxygens (including phenoxy) is 1. The molecule has 116 valence electrons. The molecule has 22 heavy (non-hydrogen) atoms. The van der Waals surface area contributed by atoms with Crippen LogP contribution in [0.5, 0.6) is 0 Å². The smallest absolute Gasteiger partial charge is 0.275 e. The van der Waals surface area contributed by atoms with Crippen LogP contribution < -0.4 is 10.3 Å². The lowest BCUT2D eigenvalue weighted by Crippen LogP contribution is -2.28. The summed E-state index contributed by atoms with van der Waals surface area (Å²) in [5.74, 6) is 0. The molecule has 7 nitrogen and oxygen atoms in total. The second-order valence-electron chi connectivity index (χ2n) is 4.95. The van der Waals surface area contributed by atoms with Crippen molar-refractivity contribution in [1.82, 2.24) is 9.55 Å². The van der Waals surface area contributed by atoms with Crippen molar-refractivity contribution in [1.29, 1.82) is 0 Å². The lowest BCUT2D eigenvalue weighted by atomic mass is 10.2. The van der Waals surface area contributed by atoms with E-state index in [1.165, 1.54) is 35.2 Å². The van der Waals surface area contributed by atoms with Crippen molar-refractivity contribution < 1.29 is 13.2 Å². The molecule has 0 aliphatic carbocycles. The molecule has 8 heteroatoms. The highest BCUT2D eigenvalue weighted by Gasteiger charge is 2.21. The van der Waals surface area contributed by atoms with Crippen LogP contribution in [-0.2, 0) is 14.8 Å². The van der Waals surface area contributed by atoms with Gasteiger partial charge in [0.1, 0.15) is 10.6 Å². The van der Waals surface area contributed by atoms with Crippen LogP contribution in [0.4, 0.5) is 5.69 Å². The molecule has 0 aromatic carbocycles. The number of nitrogens with one attached hydrogen (secondary N) is 1. The van der Waals surface area contributed by atoms with Crippen LogP contribution in [-0.4, -0.2) is 31.2 Å². The van der Waals surface area contributed by atoms with Gasteiger partial charge in [-0.1, -0.05) is 0 Å². The molecule has 0 saturated carbocycles. The zero-order valence-corrected chi connectivity index (χ0v) is 12.5. The predicted octanol–water partition coefficient (Wildman–Crippen LogP) is 1.01. The highest BCUT2D eigenvalue weighted by atomic mass is 32.2. The molecule has 2 aromatic heterocycles. The fourth-order valence-corrected chi connectivity index (χ4v) is 3.35. The Kier molecular flexibility index (Phi) is 3.95. The van der Waals surface area contributed by atoms with E-state index in [2.05, 4.69) is 9.71 Å². The van der Waals surface area contributed by atoms with Gasteiger partial charge in [0.05, 0.1) is 12.6 Å². The van der Waals surface area contributed by atoms with Crippen LogP contribution in [0.1, 0.15) is 12.5 Å². The number of hydrogen-bond donors (Lipinski definition) is 1. The molecule has 1 N–H and O–H groups in total. The van der Waals surface area contributed by atoms with Crippen molar-refractivity contribution in [2.24, 2.45) is 0 Å². The van der Waals surface area contributed by atoms with Gasteiger partial charge < -0.3 is 9.30 Å². The SMILES string of the molecule is O=c1c(NS(=O)(=O)c2cccnc2)cccn1C1CCOC1. The van der Waals surface area contributed by atoms with E-state index in [9.17, 15) is 13.2 Å². The second-order valence-corrected chi connectivity index (χ2v) is 6.63. The van der Waals surface area contributed by atoms with Crippen LogP contribution in [0.2, 0.25) is 0 Å². The molecule has 1 atom stereocenters. The zero-order valence-electron chi connectivity index (χ0n) is 11.7. The Hall–Kier alpha value is -2.19. The fourth-order valence-electron chi connectivity index (χ4n) is 2.33. The van der Waals surface area contributed by atoms with Crippen LogP contribution in [0.3, 0.4) is 0 Å². The van der Waals surface area contributed by atoms with Crippen LogP contribution >= 0.6 is 0 Å². The van der Waals surface area contributed by atoms with E-state index >= 15 is 0 Å². The third-order valence-corrected chi connectivity index (χ3v) is 4.81. The molecule has 0 bridgehead atoms. The van der Waals surface area contributed by atoms with E-state index in [-0.39, 0.29) is 22.2 Å². The van der Waals surface area contributed by atoms with Crippen molar-refractivity contribution in [2.75, 3.05) is 17.9 Å². The Morgan fingerprint density at radius 1 is 1.32 bits per heavy atom. The van der Waals surface area contributed by atoms with Gasteiger partial charge in [-0.2, -0.15) is 0 Å². The summed E-state index contributed by atoms with van der Waals surface area (Å²) in [6.07, 6.45) is 5.09. The van der Waals surface area contributed by atoms with Crippen molar-refractivity contribution in [3.05, 3.63) is 53.2 Å². The first-order chi connectivity index (χ1) is 10.6. The van der Waals surface area contributed by atoms with Crippen molar-refractivity contribution >= 4 is 15.7 Å². The Labute approximate surface area is 127 Å². The van der Waals surface area contributed by atoms with Crippen LogP contribution in [0.25, 0.3) is 0 Å². The van der Waals surface area contributed by atoms with E-state index in [0.717, 1.165) is 6.42 Å². The first kappa shape index (κ1) is 14.7. The topological polar surface area (TPSA) is 90.3 Å². The predicted molar refractivity (Wildman–Crippen MR) is 80.2 cm³/mol. The molecular weight excluding hydrogens is 306 g/mol. The summed E-state index contributed by atoms with van der Waals surface area (Å²) >= 11 is 0. The maximum atomic E-state index is 12.4. The maximum Gasteiger partial charge on any atom is 0.275 e. The largest absolute Gasteiger partial charge is 0.379 e. The average Bonchev–Trinajstić information content (AvgIpc) is 3.04. The molecule has 0 spiro atoms. The number of pyridine rings is 2. The van der Waals surface area contributed by atoms with Gasteiger partial charge in [0.15, 0.2) is 0 Å². The molecule has 3 heterocycles. The number of nitrogens with zero attached hydrogens (tertiary/aromatic N) is 2. The third-order valence-electron chi connectivity index (χ3n) is 3.46. The summed E-state index contributed by atoms with van der Waals surface area (Å²) in [5, 5.41) is 0. The summed E-state index contributed by atoms with van der Waals surface area (Å²) in [5.41, 5.74) is -0.372. The van der Waals surface area contributed by atoms with Gasteiger partial charge in [-0.05, 0) is 30.7 Å². The molecule has 0 radical (unpaired) electrons. The monoisotopic (exact) mass is 321 g/mol. The summed E-state index contributed by atoms with van der Waals surface area (Å²) in [6.45, 7) is 1.06. The fraction of sp³-hybridized carbons (Fsp3) is 0.286. The van der Waals surface area contributed by atoms with Gasteiger partial charge in [-0.3, -0.25) is 14.5 Å². The number of rotatable bonds is 4. The highest BCUT2D eigenvalue weighted by molar-refractivity contribution is 7.92. The molecule has 1 aliphatic rings. The van der Waals surface area contributed by atoms with Crippen molar-refractivity contribution in [3.63, 3.8) is 0 Å². The van der Waals surface area contributed by atoms with Crippen molar-refractivity contribution in [2.45, 2.75) is 17.4 Å². The summed E-state index contributed by atoms with van der Waals surface area (Å²) in [6, 6.07) is 5.97. The first-order valence-corrected chi connectivity index (χ1v) is 8.28.